The summed E-state index contributed by atoms with van der Waals surface area (Å²) in [7, 11) is 0. The Kier molecular flexibility index (Phi) is 5.24. The molecule has 0 amide bonds. The van der Waals surface area contributed by atoms with Crippen molar-refractivity contribution in [2.75, 3.05) is 6.61 Å². The van der Waals surface area contributed by atoms with E-state index in [9.17, 15) is 4.79 Å². The van der Waals surface area contributed by atoms with Gasteiger partial charge in [-0.1, -0.05) is 12.1 Å². The average Bonchev–Trinajstić information content (AvgIpc) is 2.73. The summed E-state index contributed by atoms with van der Waals surface area (Å²) in [6, 6.07) is 8.05. The van der Waals surface area contributed by atoms with Crippen LogP contribution in [-0.4, -0.2) is 18.7 Å². The summed E-state index contributed by atoms with van der Waals surface area (Å²) >= 11 is 1.48. The standard InChI is InChI=1S/C12H12O2S.CO2/c1-3-14-12(13)11-7-9-5-4-8(2)6-10(9)15-11;2-1-3/h4-7H,3H2,1-2H3;. The van der Waals surface area contributed by atoms with Crippen LogP contribution in [0.15, 0.2) is 24.3 Å². The van der Waals surface area contributed by atoms with Gasteiger partial charge in [-0.25, -0.2) is 4.79 Å². The molecule has 0 spiro atoms. The van der Waals surface area contributed by atoms with Gasteiger partial charge in [0.1, 0.15) is 4.88 Å². The van der Waals surface area contributed by atoms with Gasteiger partial charge in [0.05, 0.1) is 6.61 Å². The molecule has 0 aliphatic heterocycles. The van der Waals surface area contributed by atoms with Crippen molar-refractivity contribution >= 4 is 33.5 Å². The summed E-state index contributed by atoms with van der Waals surface area (Å²) in [5.74, 6) is -0.226. The van der Waals surface area contributed by atoms with Crippen molar-refractivity contribution in [1.82, 2.24) is 0 Å². The van der Waals surface area contributed by atoms with Gasteiger partial charge in [0.15, 0.2) is 0 Å². The Balaban J connectivity index is 0.000000492. The van der Waals surface area contributed by atoms with E-state index in [0.717, 1.165) is 10.1 Å². The van der Waals surface area contributed by atoms with E-state index in [1.807, 2.05) is 32.0 Å². The average molecular weight is 264 g/mol. The predicted molar refractivity (Wildman–Crippen MR) is 67.5 cm³/mol. The Labute approximate surface area is 108 Å². The Hall–Kier alpha value is -1.97. The lowest BCUT2D eigenvalue weighted by Gasteiger charge is -1.95. The lowest BCUT2D eigenvalue weighted by Crippen LogP contribution is -2.01. The third kappa shape index (κ3) is 3.52. The minimum Gasteiger partial charge on any atom is -0.462 e. The molecule has 0 fully saturated rings. The van der Waals surface area contributed by atoms with Crippen molar-refractivity contribution in [3.63, 3.8) is 0 Å². The Morgan fingerprint density at radius 2 is 2.00 bits per heavy atom. The van der Waals surface area contributed by atoms with Crippen LogP contribution < -0.4 is 0 Å². The van der Waals surface area contributed by atoms with Crippen LogP contribution in [0.4, 0.5) is 0 Å². The SMILES string of the molecule is CCOC(=O)c1cc2ccc(C)cc2s1.O=C=O. The van der Waals surface area contributed by atoms with Crippen LogP contribution in [0.25, 0.3) is 10.1 Å². The summed E-state index contributed by atoms with van der Waals surface area (Å²) in [6.45, 7) is 4.28. The molecule has 0 saturated carbocycles. The highest BCUT2D eigenvalue weighted by Crippen LogP contribution is 2.26. The maximum absolute atomic E-state index is 11.5. The second kappa shape index (κ2) is 6.69. The van der Waals surface area contributed by atoms with Crippen LogP contribution in [0.2, 0.25) is 0 Å². The van der Waals surface area contributed by atoms with Gasteiger partial charge in [-0.15, -0.1) is 11.3 Å². The van der Waals surface area contributed by atoms with Crippen molar-refractivity contribution in [2.45, 2.75) is 13.8 Å². The van der Waals surface area contributed by atoms with Gasteiger partial charge in [-0.2, -0.15) is 9.59 Å². The molecule has 1 aromatic carbocycles. The second-order valence-electron chi connectivity index (χ2n) is 3.46. The molecule has 0 bridgehead atoms. The number of aryl methyl sites for hydroxylation is 1. The summed E-state index contributed by atoms with van der Waals surface area (Å²) in [5.41, 5.74) is 1.21. The van der Waals surface area contributed by atoms with Crippen molar-refractivity contribution in [3.8, 4) is 0 Å². The fraction of sp³-hybridized carbons (Fsp3) is 0.231. The molecule has 1 heterocycles. The summed E-state index contributed by atoms with van der Waals surface area (Å²) in [4.78, 5) is 28.4. The van der Waals surface area contributed by atoms with E-state index in [0.29, 0.717) is 11.5 Å². The number of hydrogen-bond donors (Lipinski definition) is 0. The first-order valence-electron chi connectivity index (χ1n) is 5.29. The quantitative estimate of drug-likeness (QED) is 0.782. The molecule has 4 nitrogen and oxygen atoms in total. The molecule has 2 aromatic rings. The lowest BCUT2D eigenvalue weighted by molar-refractivity contribution is -0.191. The first kappa shape index (κ1) is 14.1. The zero-order chi connectivity index (χ0) is 13.5. The van der Waals surface area contributed by atoms with E-state index in [1.54, 1.807) is 0 Å². The number of thiophene rings is 1. The number of carbonyl (C=O) groups excluding carboxylic acids is 3. The van der Waals surface area contributed by atoms with Gasteiger partial charge < -0.3 is 4.74 Å². The number of ether oxygens (including phenoxy) is 1. The van der Waals surface area contributed by atoms with E-state index < -0.39 is 0 Å². The zero-order valence-corrected chi connectivity index (χ0v) is 10.9. The van der Waals surface area contributed by atoms with E-state index >= 15 is 0 Å². The van der Waals surface area contributed by atoms with Gasteiger partial charge in [0, 0.05) is 4.70 Å². The molecule has 0 N–H and O–H groups in total. The smallest absolute Gasteiger partial charge is 0.373 e. The number of hydrogen-bond acceptors (Lipinski definition) is 5. The summed E-state index contributed by atoms with van der Waals surface area (Å²) in [5, 5.41) is 1.11. The molecule has 5 heteroatoms. The van der Waals surface area contributed by atoms with Crippen LogP contribution in [0.1, 0.15) is 22.2 Å². The van der Waals surface area contributed by atoms with Crippen molar-refractivity contribution < 1.29 is 19.1 Å². The molecule has 94 valence electrons. The number of fused-ring (bicyclic) bond motifs is 1. The van der Waals surface area contributed by atoms with Crippen LogP contribution in [0, 0.1) is 6.92 Å². The first-order chi connectivity index (χ1) is 8.62. The van der Waals surface area contributed by atoms with Crippen molar-refractivity contribution in [3.05, 3.63) is 34.7 Å². The number of esters is 1. The van der Waals surface area contributed by atoms with Gasteiger partial charge in [-0.3, -0.25) is 0 Å². The van der Waals surface area contributed by atoms with E-state index in [-0.39, 0.29) is 12.1 Å². The van der Waals surface area contributed by atoms with E-state index in [2.05, 4.69) is 6.07 Å². The van der Waals surface area contributed by atoms with Crippen LogP contribution in [0.5, 0.6) is 0 Å². The van der Waals surface area contributed by atoms with Gasteiger partial charge in [0.2, 0.25) is 0 Å². The van der Waals surface area contributed by atoms with Crippen molar-refractivity contribution in [1.29, 1.82) is 0 Å². The highest BCUT2D eigenvalue weighted by molar-refractivity contribution is 7.20. The monoisotopic (exact) mass is 264 g/mol. The number of benzene rings is 1. The topological polar surface area (TPSA) is 60.4 Å². The largest absolute Gasteiger partial charge is 0.462 e. The summed E-state index contributed by atoms with van der Waals surface area (Å²) in [6.07, 6.45) is 0.250. The van der Waals surface area contributed by atoms with E-state index in [4.69, 9.17) is 14.3 Å². The van der Waals surface area contributed by atoms with Gasteiger partial charge in [0.25, 0.3) is 0 Å². The predicted octanol–water partition coefficient (Wildman–Crippen LogP) is 2.80. The molecule has 2 rings (SSSR count). The van der Waals surface area contributed by atoms with Crippen LogP contribution in [-0.2, 0) is 14.3 Å². The normalized spacial score (nSPS) is 9.22. The summed E-state index contributed by atoms with van der Waals surface area (Å²) < 4.78 is 6.10. The van der Waals surface area contributed by atoms with Crippen LogP contribution in [0.3, 0.4) is 0 Å². The molecule has 0 unspecified atom stereocenters. The zero-order valence-electron chi connectivity index (χ0n) is 10.1. The highest BCUT2D eigenvalue weighted by Gasteiger charge is 2.10. The second-order valence-corrected chi connectivity index (χ2v) is 4.54. The molecule has 0 atom stereocenters. The fourth-order valence-corrected chi connectivity index (χ4v) is 2.50. The molecule has 0 radical (unpaired) electrons. The Morgan fingerprint density at radius 3 is 2.61 bits per heavy atom. The minimum atomic E-state index is -0.226. The highest BCUT2D eigenvalue weighted by atomic mass is 32.1. The molecular weight excluding hydrogens is 252 g/mol. The Bertz CT molecular complexity index is 580. The number of rotatable bonds is 2. The third-order valence-corrected chi connectivity index (χ3v) is 3.23. The fourth-order valence-electron chi connectivity index (χ4n) is 1.44. The molecule has 18 heavy (non-hydrogen) atoms. The van der Waals surface area contributed by atoms with E-state index in [1.165, 1.54) is 16.9 Å². The number of carbonyl (C=O) groups is 1. The maximum Gasteiger partial charge on any atom is 0.373 e. The lowest BCUT2D eigenvalue weighted by atomic mass is 10.2. The minimum absolute atomic E-state index is 0.226. The molecule has 1 aromatic heterocycles. The Morgan fingerprint density at radius 1 is 1.33 bits per heavy atom. The molecule has 0 saturated heterocycles. The third-order valence-electron chi connectivity index (χ3n) is 2.15. The van der Waals surface area contributed by atoms with Gasteiger partial charge in [-0.05, 0) is 36.9 Å². The first-order valence-corrected chi connectivity index (χ1v) is 6.10. The van der Waals surface area contributed by atoms with Gasteiger partial charge >= 0.3 is 12.1 Å². The van der Waals surface area contributed by atoms with Crippen LogP contribution >= 0.6 is 11.3 Å². The van der Waals surface area contributed by atoms with Crippen molar-refractivity contribution in [2.24, 2.45) is 0 Å². The molecule has 0 aliphatic carbocycles. The molecule has 0 aliphatic rings. The molecular formula is C13H12O4S. The maximum atomic E-state index is 11.5.